The maximum atomic E-state index is 6.40. The van der Waals surface area contributed by atoms with E-state index >= 15 is 0 Å². The highest BCUT2D eigenvalue weighted by molar-refractivity contribution is 6.74. The van der Waals surface area contributed by atoms with Crippen molar-refractivity contribution in [2.75, 3.05) is 14.2 Å². The number of rotatable bonds is 5. The average molecular weight is 385 g/mol. The lowest BCUT2D eigenvalue weighted by Crippen LogP contribution is -2.43. The molecular weight excluding hydrogens is 356 g/mol. The topological polar surface area (TPSA) is 40.8 Å². The minimum atomic E-state index is -1.89. The molecule has 5 heteroatoms. The molecule has 144 valence electrons. The first kappa shape index (κ1) is 19.4. The van der Waals surface area contributed by atoms with Gasteiger partial charge in [0.2, 0.25) is 8.32 Å². The molecule has 3 rings (SSSR count). The SMILES string of the molecule is COc1cc(OC)cc(-c2cc3ccc(O[Si](C)(C)C(C)(C)C)cc3o2)c1. The van der Waals surface area contributed by atoms with Gasteiger partial charge in [0.15, 0.2) is 0 Å². The minimum Gasteiger partial charge on any atom is -0.543 e. The fourth-order valence-electron chi connectivity index (χ4n) is 2.61. The molecule has 0 N–H and O–H groups in total. The average Bonchev–Trinajstić information content (AvgIpc) is 3.03. The third-order valence-corrected chi connectivity index (χ3v) is 9.67. The Labute approximate surface area is 162 Å². The van der Waals surface area contributed by atoms with Crippen molar-refractivity contribution in [2.24, 2.45) is 0 Å². The van der Waals surface area contributed by atoms with E-state index in [0.29, 0.717) is 0 Å². The molecule has 2 aromatic carbocycles. The summed E-state index contributed by atoms with van der Waals surface area (Å²) in [5.74, 6) is 3.09. The van der Waals surface area contributed by atoms with Crippen LogP contribution in [0.2, 0.25) is 18.1 Å². The van der Waals surface area contributed by atoms with Crippen LogP contribution in [0.25, 0.3) is 22.3 Å². The monoisotopic (exact) mass is 384 g/mol. The van der Waals surface area contributed by atoms with Crippen LogP contribution in [0.1, 0.15) is 20.8 Å². The van der Waals surface area contributed by atoms with Gasteiger partial charge in [0.1, 0.15) is 28.6 Å². The maximum Gasteiger partial charge on any atom is 0.250 e. The molecule has 0 aliphatic heterocycles. The molecule has 0 saturated carbocycles. The second-order valence-corrected chi connectivity index (χ2v) is 13.0. The van der Waals surface area contributed by atoms with Crippen molar-refractivity contribution in [3.05, 3.63) is 42.5 Å². The normalized spacial score (nSPS) is 12.3. The quantitative estimate of drug-likeness (QED) is 0.471. The van der Waals surface area contributed by atoms with Gasteiger partial charge in [0.25, 0.3) is 0 Å². The van der Waals surface area contributed by atoms with Gasteiger partial charge < -0.3 is 18.3 Å². The molecular formula is C22H28O4Si. The zero-order chi connectivity index (χ0) is 19.8. The molecule has 0 aliphatic carbocycles. The number of hydrogen-bond donors (Lipinski definition) is 0. The zero-order valence-electron chi connectivity index (χ0n) is 17.2. The molecule has 1 heterocycles. The summed E-state index contributed by atoms with van der Waals surface area (Å²) in [5.41, 5.74) is 1.72. The Morgan fingerprint density at radius 2 is 1.44 bits per heavy atom. The van der Waals surface area contributed by atoms with E-state index in [1.807, 2.05) is 42.5 Å². The first-order valence-electron chi connectivity index (χ1n) is 9.09. The summed E-state index contributed by atoms with van der Waals surface area (Å²) >= 11 is 0. The lowest BCUT2D eigenvalue weighted by atomic mass is 10.1. The molecule has 3 aromatic rings. The molecule has 1 aromatic heterocycles. The van der Waals surface area contributed by atoms with E-state index in [0.717, 1.165) is 39.5 Å². The van der Waals surface area contributed by atoms with Gasteiger partial charge in [0, 0.05) is 23.1 Å². The number of furan rings is 1. The Balaban J connectivity index is 1.97. The van der Waals surface area contributed by atoms with Gasteiger partial charge in [-0.25, -0.2) is 0 Å². The van der Waals surface area contributed by atoms with E-state index in [9.17, 15) is 0 Å². The van der Waals surface area contributed by atoms with Crippen LogP contribution in [0.3, 0.4) is 0 Å². The van der Waals surface area contributed by atoms with Gasteiger partial charge in [-0.1, -0.05) is 20.8 Å². The van der Waals surface area contributed by atoms with Crippen molar-refractivity contribution >= 4 is 19.3 Å². The van der Waals surface area contributed by atoms with Crippen molar-refractivity contribution in [1.29, 1.82) is 0 Å². The van der Waals surface area contributed by atoms with Crippen LogP contribution in [-0.4, -0.2) is 22.5 Å². The molecule has 0 radical (unpaired) electrons. The van der Waals surface area contributed by atoms with Gasteiger partial charge in [-0.3, -0.25) is 0 Å². The van der Waals surface area contributed by atoms with Crippen LogP contribution in [0, 0.1) is 0 Å². The van der Waals surface area contributed by atoms with Crippen LogP contribution in [0.4, 0.5) is 0 Å². The van der Waals surface area contributed by atoms with Crippen LogP contribution >= 0.6 is 0 Å². The minimum absolute atomic E-state index is 0.146. The van der Waals surface area contributed by atoms with Crippen LogP contribution in [0.15, 0.2) is 46.9 Å². The highest BCUT2D eigenvalue weighted by atomic mass is 28.4. The summed E-state index contributed by atoms with van der Waals surface area (Å²) in [4.78, 5) is 0. The van der Waals surface area contributed by atoms with Gasteiger partial charge in [-0.15, -0.1) is 0 Å². The van der Waals surface area contributed by atoms with Gasteiger partial charge in [-0.05, 0) is 48.5 Å². The molecule has 0 spiro atoms. The number of ether oxygens (including phenoxy) is 2. The number of benzene rings is 2. The molecule has 27 heavy (non-hydrogen) atoms. The van der Waals surface area contributed by atoms with Crippen molar-refractivity contribution in [1.82, 2.24) is 0 Å². The highest BCUT2D eigenvalue weighted by Crippen LogP contribution is 2.39. The molecule has 0 bridgehead atoms. The van der Waals surface area contributed by atoms with Crippen molar-refractivity contribution in [3.8, 4) is 28.6 Å². The van der Waals surface area contributed by atoms with Crippen LogP contribution < -0.4 is 13.9 Å². The molecule has 0 atom stereocenters. The van der Waals surface area contributed by atoms with Crippen molar-refractivity contribution in [2.45, 2.75) is 38.9 Å². The summed E-state index contributed by atoms with van der Waals surface area (Å²) in [6.45, 7) is 11.2. The summed E-state index contributed by atoms with van der Waals surface area (Å²) in [7, 11) is 1.39. The van der Waals surface area contributed by atoms with Crippen LogP contribution in [-0.2, 0) is 0 Å². The van der Waals surface area contributed by atoms with E-state index in [2.05, 4.69) is 33.9 Å². The molecule has 0 amide bonds. The lowest BCUT2D eigenvalue weighted by molar-refractivity contribution is 0.394. The second kappa shape index (κ2) is 6.96. The van der Waals surface area contributed by atoms with Gasteiger partial charge >= 0.3 is 0 Å². The van der Waals surface area contributed by atoms with E-state index in [1.54, 1.807) is 14.2 Å². The van der Waals surface area contributed by atoms with Crippen molar-refractivity contribution in [3.63, 3.8) is 0 Å². The fraction of sp³-hybridized carbons (Fsp3) is 0.364. The fourth-order valence-corrected chi connectivity index (χ4v) is 3.64. The molecule has 0 aliphatic rings. The Bertz CT molecular complexity index is 928. The first-order valence-corrected chi connectivity index (χ1v) is 12.0. The largest absolute Gasteiger partial charge is 0.543 e. The van der Waals surface area contributed by atoms with Gasteiger partial charge in [0.05, 0.1) is 14.2 Å². The summed E-state index contributed by atoms with van der Waals surface area (Å²) < 4.78 is 23.2. The molecule has 0 fully saturated rings. The molecule has 4 nitrogen and oxygen atoms in total. The predicted molar refractivity (Wildman–Crippen MR) is 113 cm³/mol. The second-order valence-electron chi connectivity index (χ2n) is 8.27. The maximum absolute atomic E-state index is 6.40. The predicted octanol–water partition coefficient (Wildman–Crippen LogP) is 6.50. The zero-order valence-corrected chi connectivity index (χ0v) is 18.2. The Morgan fingerprint density at radius 1 is 0.815 bits per heavy atom. The molecule has 0 saturated heterocycles. The summed E-state index contributed by atoms with van der Waals surface area (Å²) in [6, 6.07) is 13.8. The Hall–Kier alpha value is -2.40. The smallest absolute Gasteiger partial charge is 0.250 e. The van der Waals surface area contributed by atoms with Crippen LogP contribution in [0.5, 0.6) is 17.2 Å². The highest BCUT2D eigenvalue weighted by Gasteiger charge is 2.39. The third-order valence-electron chi connectivity index (χ3n) is 5.31. The Kier molecular flexibility index (Phi) is 4.99. The van der Waals surface area contributed by atoms with E-state index < -0.39 is 8.32 Å². The van der Waals surface area contributed by atoms with E-state index in [1.165, 1.54) is 0 Å². The molecule has 0 unspecified atom stereocenters. The van der Waals surface area contributed by atoms with E-state index in [-0.39, 0.29) is 5.04 Å². The van der Waals surface area contributed by atoms with E-state index in [4.69, 9.17) is 18.3 Å². The summed E-state index contributed by atoms with van der Waals surface area (Å²) in [5, 5.41) is 1.18. The third kappa shape index (κ3) is 3.98. The Morgan fingerprint density at radius 3 is 2.00 bits per heavy atom. The van der Waals surface area contributed by atoms with Gasteiger partial charge in [-0.2, -0.15) is 0 Å². The first-order chi connectivity index (χ1) is 12.6. The summed E-state index contributed by atoms with van der Waals surface area (Å²) in [6.07, 6.45) is 0. The number of hydrogen-bond acceptors (Lipinski definition) is 4. The standard InChI is InChI=1S/C22H28O4Si/c1-22(2,3)27(6,7)26-17-9-8-15-12-20(25-21(15)14-17)16-10-18(23-4)13-19(11-16)24-5/h8-14H,1-7H3. The number of methoxy groups -OCH3 is 2. The lowest BCUT2D eigenvalue weighted by Gasteiger charge is -2.36. The van der Waals surface area contributed by atoms with Crippen molar-refractivity contribution < 1.29 is 18.3 Å². The number of fused-ring (bicyclic) bond motifs is 1.